The molecule has 0 heterocycles. The van der Waals surface area contributed by atoms with E-state index in [9.17, 15) is 3.63 Å². The molecule has 0 aliphatic heterocycles. The summed E-state index contributed by atoms with van der Waals surface area (Å²) in [6, 6.07) is 152. The number of ketones is 1. The first kappa shape index (κ1) is 74.9. The third-order valence-corrected chi connectivity index (χ3v) is 33.2. The number of benzene rings is 21. The van der Waals surface area contributed by atoms with Crippen molar-refractivity contribution in [3.63, 3.8) is 0 Å². The Kier molecular flexibility index (Phi) is 17.9. The molecule has 0 radical (unpaired) electrons. The molecule has 0 N–H and O–H groups in total. The second kappa shape index (κ2) is 29.6. The Morgan fingerprint density at radius 3 is 0.653 bits per heavy atom. The quantitative estimate of drug-likeness (QED) is 0.0967. The van der Waals surface area contributed by atoms with E-state index in [1.165, 1.54) is 0 Å². The van der Waals surface area contributed by atoms with E-state index in [4.69, 9.17) is 0 Å². The molecule has 2 unspecified atom stereocenters. The molecule has 592 valence electrons. The molecule has 0 saturated heterocycles. The van der Waals surface area contributed by atoms with Crippen LogP contribution in [0.2, 0.25) is 0 Å². The van der Waals surface area contributed by atoms with Crippen molar-refractivity contribution in [1.82, 2.24) is 0 Å². The standard InChI is InChI=1S/C118H84O4S2/c1-117(2)88-66-67-118(117,113(119)74-88)75-123(120,121)122-124(114-107(101-60-24-42-79-33-6-15-51-92(79)101)68-85(98-57-21-39-76-30-3-12-48-89(76)98)69-108(114)102-61-25-43-80-34-7-16-52-93(80)102,115-109(103-62-26-44-81-35-8-17-53-94(81)103)70-86(99-58-22-40-77-31-4-13-49-90(77)99)71-110(115)104-63-27-45-82-36-9-18-54-95(82)104)116-111(105-64-28-46-83-37-10-19-55-96(83)105)72-87(100-59-23-41-78-32-5-14-50-91(78)100)73-112(116)106-65-29-47-84-38-11-20-56-97(84)106/h3-65,68-73,88H,66-67,74-75H2,1-2H3. The lowest BCUT2D eigenvalue weighted by molar-refractivity contribution is -0.128. The first-order valence-electron chi connectivity index (χ1n) is 43.0. The molecule has 6 heteroatoms. The Bertz CT molecular complexity index is 7120. The molecule has 124 heavy (non-hydrogen) atoms. The Balaban J connectivity index is 1.07. The predicted octanol–water partition coefficient (Wildman–Crippen LogP) is 32.0. The molecular weight excluding hydrogens is 1550 g/mol. The Morgan fingerprint density at radius 2 is 0.452 bits per heavy atom. The number of carbonyl (C=O) groups is 1. The summed E-state index contributed by atoms with van der Waals surface area (Å²) in [5.41, 5.74) is 13.5. The minimum absolute atomic E-state index is 0.0338. The summed E-state index contributed by atoms with van der Waals surface area (Å²) in [6.45, 7) is 4.31. The van der Waals surface area contributed by atoms with Gasteiger partial charge in [0.1, 0.15) is 5.78 Å². The summed E-state index contributed by atoms with van der Waals surface area (Å²) in [5.74, 6) is -0.658. The summed E-state index contributed by atoms with van der Waals surface area (Å²) in [7, 11) is -9.74. The highest BCUT2D eigenvalue weighted by atomic mass is 32.3. The van der Waals surface area contributed by atoms with Gasteiger partial charge in [0.05, 0.1) is 11.2 Å². The van der Waals surface area contributed by atoms with E-state index < -0.39 is 37.0 Å². The van der Waals surface area contributed by atoms with Crippen molar-refractivity contribution in [3.8, 4) is 100 Å². The molecule has 2 bridgehead atoms. The van der Waals surface area contributed by atoms with E-state index in [-0.39, 0.29) is 18.1 Å². The summed E-state index contributed by atoms with van der Waals surface area (Å²) in [4.78, 5) is 18.1. The Morgan fingerprint density at radius 1 is 0.258 bits per heavy atom. The molecule has 0 amide bonds. The summed E-state index contributed by atoms with van der Waals surface area (Å²) in [5, 5.41) is 18.1. The zero-order valence-electron chi connectivity index (χ0n) is 68.7. The van der Waals surface area contributed by atoms with E-state index in [0.717, 1.165) is 197 Å². The Labute approximate surface area is 723 Å². The van der Waals surface area contributed by atoms with Gasteiger partial charge < -0.3 is 0 Å². The fourth-order valence-electron chi connectivity index (χ4n) is 21.7. The largest absolute Gasteiger partial charge is 0.299 e. The lowest BCUT2D eigenvalue weighted by atomic mass is 9.70. The van der Waals surface area contributed by atoms with Gasteiger partial charge in [-0.25, -0.2) is 3.63 Å². The van der Waals surface area contributed by atoms with E-state index in [1.54, 1.807) is 0 Å². The first-order chi connectivity index (χ1) is 60.9. The van der Waals surface area contributed by atoms with Crippen molar-refractivity contribution in [2.24, 2.45) is 16.7 Å². The number of hydrogen-bond donors (Lipinski definition) is 0. The smallest absolute Gasteiger partial charge is 0.278 e. The average Bonchev–Trinajstić information content (AvgIpc) is 0.757. The predicted molar refractivity (Wildman–Crippen MR) is 522 cm³/mol. The van der Waals surface area contributed by atoms with Gasteiger partial charge in [0.15, 0.2) is 0 Å². The second-order valence-electron chi connectivity index (χ2n) is 34.4. The highest BCUT2D eigenvalue weighted by Gasteiger charge is 2.66. The van der Waals surface area contributed by atoms with Gasteiger partial charge in [0, 0.05) is 21.1 Å². The highest BCUT2D eigenvalue weighted by molar-refractivity contribution is 8.33. The molecule has 0 spiro atoms. The molecule has 2 aliphatic rings. The molecule has 23 rings (SSSR count). The van der Waals surface area contributed by atoms with Crippen molar-refractivity contribution >= 4 is 123 Å². The maximum Gasteiger partial charge on any atom is 0.278 e. The fourth-order valence-corrected chi connectivity index (χ4v) is 28.7. The second-order valence-corrected chi connectivity index (χ2v) is 38.7. The van der Waals surface area contributed by atoms with Gasteiger partial charge in [-0.1, -0.05) is 396 Å². The monoisotopic (exact) mass is 1630 g/mol. The third-order valence-electron chi connectivity index (χ3n) is 27.7. The van der Waals surface area contributed by atoms with Crippen LogP contribution in [0.4, 0.5) is 0 Å². The van der Waals surface area contributed by atoms with Crippen LogP contribution in [0.15, 0.2) is 433 Å². The van der Waals surface area contributed by atoms with Crippen LogP contribution in [0.1, 0.15) is 33.1 Å². The van der Waals surface area contributed by atoms with Crippen LogP contribution in [0.3, 0.4) is 0 Å². The fraction of sp³-hybridized carbons (Fsp3) is 0.0763. The van der Waals surface area contributed by atoms with Crippen molar-refractivity contribution in [3.05, 3.63) is 419 Å². The maximum absolute atomic E-state index is 19.3. The van der Waals surface area contributed by atoms with E-state index in [0.29, 0.717) is 27.5 Å². The van der Waals surface area contributed by atoms with Gasteiger partial charge >= 0.3 is 0 Å². The molecule has 2 aliphatic carbocycles. The Hall–Kier alpha value is -14.1. The van der Waals surface area contributed by atoms with Crippen LogP contribution >= 0.6 is 10.3 Å². The highest BCUT2D eigenvalue weighted by Crippen LogP contribution is 2.81. The van der Waals surface area contributed by atoms with Crippen LogP contribution in [0.5, 0.6) is 0 Å². The minimum Gasteiger partial charge on any atom is -0.299 e. The van der Waals surface area contributed by atoms with Gasteiger partial charge in [-0.3, -0.25) is 4.79 Å². The van der Waals surface area contributed by atoms with Crippen molar-refractivity contribution in [2.75, 3.05) is 5.75 Å². The molecule has 0 aromatic heterocycles. The number of hydrogen-bond acceptors (Lipinski definition) is 4. The van der Waals surface area contributed by atoms with E-state index in [1.807, 2.05) is 0 Å². The van der Waals surface area contributed by atoms with Crippen molar-refractivity contribution < 1.29 is 16.8 Å². The lowest BCUT2D eigenvalue weighted by Crippen LogP contribution is -2.42. The molecule has 2 atom stereocenters. The third kappa shape index (κ3) is 12.0. The van der Waals surface area contributed by atoms with Gasteiger partial charge in [-0.15, -0.1) is 0 Å². The molecular formula is C118H84O4S2. The lowest BCUT2D eigenvalue weighted by Gasteiger charge is -2.47. The van der Waals surface area contributed by atoms with Crippen LogP contribution < -0.4 is 0 Å². The van der Waals surface area contributed by atoms with Gasteiger partial charge in [0.2, 0.25) is 0 Å². The number of carbonyl (C=O) groups excluding carboxylic acids is 1. The van der Waals surface area contributed by atoms with Crippen LogP contribution in [0, 0.1) is 16.7 Å². The molecule has 4 nitrogen and oxygen atoms in total. The zero-order chi connectivity index (χ0) is 83.0. The normalized spacial score (nSPS) is 15.4. The maximum atomic E-state index is 19.3. The van der Waals surface area contributed by atoms with Crippen molar-refractivity contribution in [1.29, 1.82) is 0 Å². The van der Waals surface area contributed by atoms with Crippen molar-refractivity contribution in [2.45, 2.75) is 47.8 Å². The van der Waals surface area contributed by atoms with Crippen LogP contribution in [-0.2, 0) is 18.5 Å². The topological polar surface area (TPSA) is 60.4 Å². The molecule has 21 aromatic rings. The molecule has 2 fully saturated rings. The van der Waals surface area contributed by atoms with Crippen LogP contribution in [0.25, 0.3) is 197 Å². The zero-order valence-corrected chi connectivity index (χ0v) is 70.3. The van der Waals surface area contributed by atoms with Gasteiger partial charge in [-0.05, 0) is 268 Å². The average molecular weight is 1630 g/mol. The molecule has 21 aromatic carbocycles. The van der Waals surface area contributed by atoms with Gasteiger partial charge in [0.25, 0.3) is 10.1 Å². The first-order valence-corrected chi connectivity index (χ1v) is 46.2. The summed E-state index contributed by atoms with van der Waals surface area (Å²) < 4.78 is 47.8. The van der Waals surface area contributed by atoms with E-state index >= 15 is 13.2 Å². The van der Waals surface area contributed by atoms with E-state index in [2.05, 4.69) is 432 Å². The minimum atomic E-state index is -5.22. The number of fused-ring (bicyclic) bond motifs is 11. The van der Waals surface area contributed by atoms with Gasteiger partial charge in [-0.2, -0.15) is 8.42 Å². The number of Topliss-reactive ketones (excluding diaryl/α,β-unsaturated/α-hetero) is 1. The number of rotatable bonds is 16. The van der Waals surface area contributed by atoms with Crippen LogP contribution in [-0.4, -0.2) is 20.0 Å². The molecule has 2 saturated carbocycles. The SMILES string of the molecule is CC1(C)C2CCC1(CS(=O)(=O)OS(c1c(-c3cccc4ccccc34)cc(-c3cccc4ccccc34)cc1-c1cccc3ccccc13)(c1c(-c3cccc4ccccc34)cc(-c3cccc4ccccc34)cc1-c1cccc3ccccc13)c1c(-c3cccc4ccccc34)cc(-c3cccc4ccccc34)cc1-c1cccc3ccccc13)C(=O)C2. The summed E-state index contributed by atoms with van der Waals surface area (Å²) >= 11 is 0. The summed E-state index contributed by atoms with van der Waals surface area (Å²) in [6.07, 6.45) is 1.38.